The van der Waals surface area contributed by atoms with Crippen LogP contribution in [0, 0.1) is 4.77 Å². The van der Waals surface area contributed by atoms with Crippen LogP contribution in [0.4, 0.5) is 5.69 Å². The second-order valence-corrected chi connectivity index (χ2v) is 8.04. The Labute approximate surface area is 190 Å². The van der Waals surface area contributed by atoms with Gasteiger partial charge >= 0.3 is 0 Å². The van der Waals surface area contributed by atoms with Crippen LogP contribution in [-0.2, 0) is 11.3 Å². The first-order chi connectivity index (χ1) is 15.4. The molecule has 0 fully saturated rings. The molecule has 0 aliphatic carbocycles. The third kappa shape index (κ3) is 4.72. The molecular weight excluding hydrogens is 426 g/mol. The standard InChI is InChI=1S/C23H25N5O3S/c1-4-30-17-8-5-15(6-9-17)21-26-27-23(32)28(21)12-11-20(29)24-16-7-10-19-18(13-16)25-22(31-19)14(2)3/h5-10,13-14H,4,11-12H2,1-3H3,(H,24,29)(H,27,32). The minimum Gasteiger partial charge on any atom is -0.494 e. The molecule has 2 aromatic carbocycles. The molecule has 4 aromatic rings. The molecule has 0 aliphatic heterocycles. The van der Waals surface area contributed by atoms with Gasteiger partial charge in [0.15, 0.2) is 22.1 Å². The summed E-state index contributed by atoms with van der Waals surface area (Å²) in [5, 5.41) is 10.1. The Morgan fingerprint density at radius 3 is 2.75 bits per heavy atom. The van der Waals surface area contributed by atoms with Crippen molar-refractivity contribution in [1.29, 1.82) is 0 Å². The topological polar surface area (TPSA) is 98.0 Å². The molecule has 8 nitrogen and oxygen atoms in total. The highest BCUT2D eigenvalue weighted by Gasteiger charge is 2.13. The minimum atomic E-state index is -0.127. The first kappa shape index (κ1) is 21.8. The Hall–Kier alpha value is -3.46. The van der Waals surface area contributed by atoms with Gasteiger partial charge in [-0.3, -0.25) is 14.5 Å². The molecule has 2 aromatic heterocycles. The van der Waals surface area contributed by atoms with Gasteiger partial charge in [0.2, 0.25) is 5.91 Å². The van der Waals surface area contributed by atoms with E-state index in [-0.39, 0.29) is 18.2 Å². The number of benzene rings is 2. The Morgan fingerprint density at radius 2 is 2.03 bits per heavy atom. The van der Waals surface area contributed by atoms with Crippen LogP contribution in [-0.4, -0.2) is 32.3 Å². The van der Waals surface area contributed by atoms with Crippen molar-refractivity contribution < 1.29 is 13.9 Å². The summed E-state index contributed by atoms with van der Waals surface area (Å²) in [5.41, 5.74) is 2.99. The van der Waals surface area contributed by atoms with E-state index in [0.717, 1.165) is 16.8 Å². The molecule has 1 amide bonds. The number of H-pyrrole nitrogens is 1. The van der Waals surface area contributed by atoms with E-state index in [1.165, 1.54) is 0 Å². The summed E-state index contributed by atoms with van der Waals surface area (Å²) >= 11 is 5.37. The van der Waals surface area contributed by atoms with Crippen molar-refractivity contribution in [1.82, 2.24) is 19.7 Å². The number of amides is 1. The number of fused-ring (bicyclic) bond motifs is 1. The molecule has 0 spiro atoms. The fourth-order valence-corrected chi connectivity index (χ4v) is 3.54. The van der Waals surface area contributed by atoms with Gasteiger partial charge in [-0.2, -0.15) is 5.10 Å². The summed E-state index contributed by atoms with van der Waals surface area (Å²) in [6, 6.07) is 13.1. The average molecular weight is 452 g/mol. The predicted molar refractivity (Wildman–Crippen MR) is 125 cm³/mol. The van der Waals surface area contributed by atoms with Gasteiger partial charge < -0.3 is 14.5 Å². The average Bonchev–Trinajstić information content (AvgIpc) is 3.36. The summed E-state index contributed by atoms with van der Waals surface area (Å²) in [6.07, 6.45) is 0.242. The smallest absolute Gasteiger partial charge is 0.226 e. The number of ether oxygens (including phenoxy) is 1. The number of anilines is 1. The van der Waals surface area contributed by atoms with Crippen LogP contribution < -0.4 is 10.1 Å². The molecule has 9 heteroatoms. The summed E-state index contributed by atoms with van der Waals surface area (Å²) in [5.74, 6) is 2.22. The summed E-state index contributed by atoms with van der Waals surface area (Å²) in [7, 11) is 0. The lowest BCUT2D eigenvalue weighted by Crippen LogP contribution is -2.15. The molecule has 0 unspecified atom stereocenters. The molecular formula is C23H25N5O3S. The van der Waals surface area contributed by atoms with Crippen molar-refractivity contribution in [2.75, 3.05) is 11.9 Å². The fraction of sp³-hybridized carbons (Fsp3) is 0.304. The number of hydrogen-bond donors (Lipinski definition) is 2. The Morgan fingerprint density at radius 1 is 1.25 bits per heavy atom. The van der Waals surface area contributed by atoms with Gasteiger partial charge in [0.05, 0.1) is 6.61 Å². The normalized spacial score (nSPS) is 11.2. The van der Waals surface area contributed by atoms with Crippen LogP contribution in [0.25, 0.3) is 22.5 Å². The van der Waals surface area contributed by atoms with Crippen LogP contribution in [0.15, 0.2) is 46.9 Å². The number of aromatic amines is 1. The predicted octanol–water partition coefficient (Wildman–Crippen LogP) is 5.30. The molecule has 32 heavy (non-hydrogen) atoms. The van der Waals surface area contributed by atoms with E-state index in [2.05, 4.69) is 20.5 Å². The first-order valence-electron chi connectivity index (χ1n) is 10.5. The van der Waals surface area contributed by atoms with Gasteiger partial charge in [0.1, 0.15) is 11.3 Å². The SMILES string of the molecule is CCOc1ccc(-c2n[nH]c(=S)n2CCC(=O)Nc2ccc3oc(C(C)C)nc3c2)cc1. The molecule has 166 valence electrons. The van der Waals surface area contributed by atoms with Crippen LogP contribution >= 0.6 is 12.2 Å². The number of carbonyl (C=O) groups is 1. The second kappa shape index (κ2) is 9.35. The number of aromatic nitrogens is 4. The molecule has 2 N–H and O–H groups in total. The third-order valence-corrected chi connectivity index (χ3v) is 5.24. The molecule has 0 aliphatic rings. The maximum absolute atomic E-state index is 12.6. The van der Waals surface area contributed by atoms with Crippen LogP contribution in [0.1, 0.15) is 39.0 Å². The summed E-state index contributed by atoms with van der Waals surface area (Å²) < 4.78 is 13.5. The third-order valence-electron chi connectivity index (χ3n) is 4.93. The van der Waals surface area contributed by atoms with Gasteiger partial charge in [-0.25, -0.2) is 4.98 Å². The van der Waals surface area contributed by atoms with Crippen molar-refractivity contribution in [3.05, 3.63) is 53.1 Å². The highest BCUT2D eigenvalue weighted by molar-refractivity contribution is 7.71. The number of nitrogens with zero attached hydrogens (tertiary/aromatic N) is 3. The van der Waals surface area contributed by atoms with Crippen molar-refractivity contribution >= 4 is 34.9 Å². The molecule has 0 radical (unpaired) electrons. The number of rotatable bonds is 8. The van der Waals surface area contributed by atoms with Crippen molar-refractivity contribution in [3.63, 3.8) is 0 Å². The summed E-state index contributed by atoms with van der Waals surface area (Å²) in [6.45, 7) is 6.99. The number of nitrogens with one attached hydrogen (secondary N) is 2. The van der Waals surface area contributed by atoms with Crippen molar-refractivity contribution in [3.8, 4) is 17.1 Å². The van der Waals surface area contributed by atoms with Gasteiger partial charge in [0.25, 0.3) is 0 Å². The van der Waals surface area contributed by atoms with Crippen LogP contribution in [0.3, 0.4) is 0 Å². The molecule has 0 saturated carbocycles. The molecule has 2 heterocycles. The van der Waals surface area contributed by atoms with Crippen molar-refractivity contribution in [2.24, 2.45) is 0 Å². The van der Waals surface area contributed by atoms with Crippen LogP contribution in [0.2, 0.25) is 0 Å². The molecule has 4 rings (SSSR count). The van der Waals surface area contributed by atoms with E-state index >= 15 is 0 Å². The number of oxazole rings is 1. The van der Waals surface area contributed by atoms with Gasteiger partial charge in [-0.05, 0) is 61.6 Å². The Kier molecular flexibility index (Phi) is 6.36. The zero-order valence-electron chi connectivity index (χ0n) is 18.2. The monoisotopic (exact) mass is 451 g/mol. The van der Waals surface area contributed by atoms with E-state index in [1.807, 2.05) is 67.8 Å². The zero-order valence-corrected chi connectivity index (χ0v) is 19.0. The molecule has 0 saturated heterocycles. The minimum absolute atomic E-state index is 0.127. The highest BCUT2D eigenvalue weighted by Crippen LogP contribution is 2.24. The van der Waals surface area contributed by atoms with Gasteiger partial charge in [-0.15, -0.1) is 0 Å². The first-order valence-corrected chi connectivity index (χ1v) is 10.9. The lowest BCUT2D eigenvalue weighted by molar-refractivity contribution is -0.116. The largest absolute Gasteiger partial charge is 0.494 e. The van der Waals surface area contributed by atoms with Crippen LogP contribution in [0.5, 0.6) is 5.75 Å². The van der Waals surface area contributed by atoms with Crippen molar-refractivity contribution in [2.45, 2.75) is 39.7 Å². The van der Waals surface area contributed by atoms with Gasteiger partial charge in [-0.1, -0.05) is 13.8 Å². The fourth-order valence-electron chi connectivity index (χ4n) is 3.32. The highest BCUT2D eigenvalue weighted by atomic mass is 32.1. The number of hydrogen-bond acceptors (Lipinski definition) is 6. The second-order valence-electron chi connectivity index (χ2n) is 7.65. The van der Waals surface area contributed by atoms with E-state index < -0.39 is 0 Å². The maximum atomic E-state index is 12.6. The maximum Gasteiger partial charge on any atom is 0.226 e. The molecule has 0 bridgehead atoms. The Bertz CT molecular complexity index is 1290. The zero-order chi connectivity index (χ0) is 22.7. The van der Waals surface area contributed by atoms with E-state index in [1.54, 1.807) is 0 Å². The summed E-state index contributed by atoms with van der Waals surface area (Å²) in [4.78, 5) is 17.1. The molecule has 0 atom stereocenters. The van der Waals surface area contributed by atoms with E-state index in [4.69, 9.17) is 21.4 Å². The number of carbonyl (C=O) groups excluding carboxylic acids is 1. The quantitative estimate of drug-likeness (QED) is 0.353. The van der Waals surface area contributed by atoms with E-state index in [0.29, 0.717) is 40.9 Å². The van der Waals surface area contributed by atoms with E-state index in [9.17, 15) is 4.79 Å². The lowest BCUT2D eigenvalue weighted by Gasteiger charge is -2.09. The Balaban J connectivity index is 1.44. The van der Waals surface area contributed by atoms with Gasteiger partial charge in [0, 0.05) is 30.1 Å². The lowest BCUT2D eigenvalue weighted by atomic mass is 10.2.